The topological polar surface area (TPSA) is 15.3 Å². The van der Waals surface area contributed by atoms with Gasteiger partial charge in [0.1, 0.15) is 0 Å². The second-order valence-corrected chi connectivity index (χ2v) is 7.08. The van der Waals surface area contributed by atoms with Crippen molar-refractivity contribution in [3.8, 4) is 0 Å². The molecule has 0 bridgehead atoms. The van der Waals surface area contributed by atoms with Crippen LogP contribution < -0.4 is 5.32 Å². The van der Waals surface area contributed by atoms with E-state index in [1.54, 1.807) is 0 Å². The van der Waals surface area contributed by atoms with Crippen molar-refractivity contribution in [1.82, 2.24) is 10.2 Å². The number of likely N-dealkylation sites (tertiary alicyclic amines) is 1. The minimum absolute atomic E-state index is 0.861. The maximum Gasteiger partial charge on any atom is 0.00967 e. The van der Waals surface area contributed by atoms with Crippen LogP contribution in [0, 0.1) is 5.92 Å². The van der Waals surface area contributed by atoms with E-state index in [2.05, 4.69) is 10.2 Å². The molecule has 2 saturated heterocycles. The Morgan fingerprint density at radius 1 is 0.684 bits per heavy atom. The van der Waals surface area contributed by atoms with Gasteiger partial charge in [-0.1, -0.05) is 32.1 Å². The highest BCUT2D eigenvalue weighted by atomic mass is 15.2. The fourth-order valence-corrected chi connectivity index (χ4v) is 4.60. The summed E-state index contributed by atoms with van der Waals surface area (Å²) < 4.78 is 0. The summed E-state index contributed by atoms with van der Waals surface area (Å²) in [6, 6.07) is 1.79. The van der Waals surface area contributed by atoms with E-state index in [1.165, 1.54) is 90.3 Å². The van der Waals surface area contributed by atoms with Crippen LogP contribution >= 0.6 is 0 Å². The van der Waals surface area contributed by atoms with Gasteiger partial charge >= 0.3 is 0 Å². The highest BCUT2D eigenvalue weighted by Crippen LogP contribution is 2.29. The molecular formula is C17H32N2. The third-order valence-electron chi connectivity index (χ3n) is 5.83. The van der Waals surface area contributed by atoms with Crippen molar-refractivity contribution in [3.63, 3.8) is 0 Å². The Morgan fingerprint density at radius 3 is 2.00 bits per heavy atom. The Balaban J connectivity index is 1.45. The molecule has 0 aromatic rings. The van der Waals surface area contributed by atoms with E-state index in [4.69, 9.17) is 0 Å². The van der Waals surface area contributed by atoms with Crippen LogP contribution in [0.2, 0.25) is 0 Å². The van der Waals surface area contributed by atoms with Crippen molar-refractivity contribution in [2.75, 3.05) is 19.6 Å². The van der Waals surface area contributed by atoms with Crippen molar-refractivity contribution in [1.29, 1.82) is 0 Å². The fraction of sp³-hybridized carbons (Fsp3) is 1.00. The van der Waals surface area contributed by atoms with Gasteiger partial charge in [0, 0.05) is 12.1 Å². The second-order valence-electron chi connectivity index (χ2n) is 7.08. The average Bonchev–Trinajstić information content (AvgIpc) is 2.93. The normalized spacial score (nSPS) is 33.2. The van der Waals surface area contributed by atoms with E-state index >= 15 is 0 Å². The van der Waals surface area contributed by atoms with Crippen LogP contribution in [0.4, 0.5) is 0 Å². The number of nitrogens with one attached hydrogen (secondary N) is 1. The Hall–Kier alpha value is -0.0800. The van der Waals surface area contributed by atoms with Gasteiger partial charge in [-0.2, -0.15) is 0 Å². The highest BCUT2D eigenvalue weighted by molar-refractivity contribution is 4.87. The molecule has 0 radical (unpaired) electrons. The quantitative estimate of drug-likeness (QED) is 0.820. The van der Waals surface area contributed by atoms with Crippen LogP contribution in [0.3, 0.4) is 0 Å². The molecule has 3 fully saturated rings. The zero-order valence-corrected chi connectivity index (χ0v) is 12.6. The molecule has 0 aromatic heterocycles. The van der Waals surface area contributed by atoms with E-state index in [9.17, 15) is 0 Å². The summed E-state index contributed by atoms with van der Waals surface area (Å²) in [6.07, 6.45) is 16.1. The molecule has 2 heterocycles. The summed E-state index contributed by atoms with van der Waals surface area (Å²) in [5.74, 6) is 0.979. The van der Waals surface area contributed by atoms with Gasteiger partial charge in [0.05, 0.1) is 0 Å². The predicted molar refractivity (Wildman–Crippen MR) is 81.4 cm³/mol. The van der Waals surface area contributed by atoms with Crippen LogP contribution in [-0.4, -0.2) is 36.6 Å². The average molecular weight is 264 g/mol. The number of hydrogen-bond acceptors (Lipinski definition) is 2. The molecule has 2 aliphatic heterocycles. The lowest BCUT2D eigenvalue weighted by atomic mass is 9.86. The third kappa shape index (κ3) is 3.72. The minimum Gasteiger partial charge on any atom is -0.314 e. The van der Waals surface area contributed by atoms with Crippen LogP contribution in [-0.2, 0) is 0 Å². The Labute approximate surface area is 119 Å². The van der Waals surface area contributed by atoms with Crippen molar-refractivity contribution in [2.45, 2.75) is 82.7 Å². The van der Waals surface area contributed by atoms with Gasteiger partial charge in [-0.25, -0.2) is 0 Å². The summed E-state index contributed by atoms with van der Waals surface area (Å²) in [5, 5.41) is 3.72. The first kappa shape index (κ1) is 13.9. The van der Waals surface area contributed by atoms with E-state index < -0.39 is 0 Å². The van der Waals surface area contributed by atoms with Gasteiger partial charge in [-0.05, 0) is 64.1 Å². The summed E-state index contributed by atoms with van der Waals surface area (Å²) in [4.78, 5) is 2.84. The van der Waals surface area contributed by atoms with Crippen molar-refractivity contribution in [2.24, 2.45) is 5.92 Å². The molecule has 3 rings (SSSR count). The van der Waals surface area contributed by atoms with Gasteiger partial charge in [0.25, 0.3) is 0 Å². The van der Waals surface area contributed by atoms with Crippen LogP contribution in [0.15, 0.2) is 0 Å². The number of piperidine rings is 1. The van der Waals surface area contributed by atoms with Gasteiger partial charge in [0.15, 0.2) is 0 Å². The predicted octanol–water partition coefficient (Wildman–Crippen LogP) is 3.56. The second kappa shape index (κ2) is 7.08. The number of hydrogen-bond donors (Lipinski definition) is 1. The molecule has 1 saturated carbocycles. The maximum atomic E-state index is 3.72. The summed E-state index contributed by atoms with van der Waals surface area (Å²) in [5.41, 5.74) is 0. The molecule has 1 atom stereocenters. The molecule has 19 heavy (non-hydrogen) atoms. The third-order valence-corrected chi connectivity index (χ3v) is 5.83. The molecule has 2 heteroatoms. The van der Waals surface area contributed by atoms with Crippen LogP contribution in [0.25, 0.3) is 0 Å². The first-order valence-corrected chi connectivity index (χ1v) is 8.91. The molecular weight excluding hydrogens is 232 g/mol. The molecule has 0 spiro atoms. The molecule has 1 aliphatic carbocycles. The Morgan fingerprint density at radius 2 is 1.37 bits per heavy atom. The molecule has 1 N–H and O–H groups in total. The van der Waals surface area contributed by atoms with Gasteiger partial charge in [-0.15, -0.1) is 0 Å². The molecule has 2 nitrogen and oxygen atoms in total. The minimum atomic E-state index is 0.861. The lowest BCUT2D eigenvalue weighted by molar-refractivity contribution is 0.103. The smallest absolute Gasteiger partial charge is 0.00967 e. The van der Waals surface area contributed by atoms with E-state index in [0.29, 0.717) is 0 Å². The Bertz CT molecular complexity index is 244. The van der Waals surface area contributed by atoms with Crippen LogP contribution in [0.1, 0.15) is 70.6 Å². The molecule has 3 aliphatic rings. The summed E-state index contributed by atoms with van der Waals surface area (Å²) in [6.45, 7) is 4.04. The SMILES string of the molecule is C1CCCC(N2CCC(C3CCCN3)CC2)CCC1. The molecule has 1 unspecified atom stereocenters. The van der Waals surface area contributed by atoms with Gasteiger partial charge in [0.2, 0.25) is 0 Å². The molecule has 110 valence electrons. The monoisotopic (exact) mass is 264 g/mol. The van der Waals surface area contributed by atoms with Gasteiger partial charge in [-0.3, -0.25) is 0 Å². The summed E-state index contributed by atoms with van der Waals surface area (Å²) >= 11 is 0. The molecule has 0 amide bonds. The van der Waals surface area contributed by atoms with Crippen LogP contribution in [0.5, 0.6) is 0 Å². The summed E-state index contributed by atoms with van der Waals surface area (Å²) in [7, 11) is 0. The zero-order chi connectivity index (χ0) is 12.9. The van der Waals surface area contributed by atoms with Crippen molar-refractivity contribution < 1.29 is 0 Å². The fourth-order valence-electron chi connectivity index (χ4n) is 4.60. The van der Waals surface area contributed by atoms with E-state index in [0.717, 1.165) is 18.0 Å². The lowest BCUT2D eigenvalue weighted by Crippen LogP contribution is -2.45. The van der Waals surface area contributed by atoms with E-state index in [-0.39, 0.29) is 0 Å². The highest BCUT2D eigenvalue weighted by Gasteiger charge is 2.30. The zero-order valence-electron chi connectivity index (χ0n) is 12.6. The van der Waals surface area contributed by atoms with Gasteiger partial charge < -0.3 is 10.2 Å². The first-order chi connectivity index (χ1) is 9.43. The number of nitrogens with zero attached hydrogens (tertiary/aromatic N) is 1. The maximum absolute atomic E-state index is 3.72. The largest absolute Gasteiger partial charge is 0.314 e. The first-order valence-electron chi connectivity index (χ1n) is 8.91. The molecule has 0 aromatic carbocycles. The Kier molecular flexibility index (Phi) is 5.17. The van der Waals surface area contributed by atoms with Crippen molar-refractivity contribution >= 4 is 0 Å². The van der Waals surface area contributed by atoms with Crippen molar-refractivity contribution in [3.05, 3.63) is 0 Å². The van der Waals surface area contributed by atoms with E-state index in [1.807, 2.05) is 0 Å². The number of rotatable bonds is 2. The lowest BCUT2D eigenvalue weighted by Gasteiger charge is -2.40. The standard InChI is InChI=1S/C17H32N2/c1-2-4-7-16(8-5-3-1)19-13-10-15(11-14-19)17-9-6-12-18-17/h15-18H,1-14H2.